The van der Waals surface area contributed by atoms with Crippen molar-refractivity contribution in [1.29, 1.82) is 0 Å². The Labute approximate surface area is 148 Å². The number of aromatic nitrogens is 1. The summed E-state index contributed by atoms with van der Waals surface area (Å²) in [6.07, 6.45) is 1.68. The van der Waals surface area contributed by atoms with E-state index >= 15 is 0 Å². The molecular formula is C18H14N2O4S. The number of rotatable bonds is 4. The van der Waals surface area contributed by atoms with Gasteiger partial charge in [0.05, 0.1) is 0 Å². The van der Waals surface area contributed by atoms with E-state index in [1.54, 1.807) is 48.7 Å². The first-order valence-electron chi connectivity index (χ1n) is 7.66. The van der Waals surface area contributed by atoms with Crippen molar-refractivity contribution in [3.63, 3.8) is 0 Å². The van der Waals surface area contributed by atoms with Crippen LogP contribution in [0.5, 0.6) is 22.4 Å². The Balaban J connectivity index is 1.44. The number of carbonyl (C=O) groups is 1. The molecule has 0 fully saturated rings. The van der Waals surface area contributed by atoms with Gasteiger partial charge in [0, 0.05) is 28.9 Å². The van der Waals surface area contributed by atoms with Crippen molar-refractivity contribution >= 4 is 22.9 Å². The average Bonchev–Trinajstić information content (AvgIpc) is 3.15. The van der Waals surface area contributed by atoms with Crippen molar-refractivity contribution in [2.45, 2.75) is 0 Å². The van der Waals surface area contributed by atoms with Crippen molar-refractivity contribution in [3.8, 4) is 22.4 Å². The molecule has 1 aliphatic rings. The number of ether oxygens (including phenoxy) is 3. The zero-order valence-electron chi connectivity index (χ0n) is 13.1. The van der Waals surface area contributed by atoms with Crippen LogP contribution in [0.15, 0.2) is 54.0 Å². The highest BCUT2D eigenvalue weighted by atomic mass is 32.1. The standard InChI is InChI=1S/C18H14N2O4S/c21-17(20-13-3-6-15-16(11-13)23-9-8-22-15)12-1-4-14(5-2-12)24-18-19-7-10-25-18/h1-7,10-11H,8-9H2,(H,20,21). The van der Waals surface area contributed by atoms with Gasteiger partial charge in [-0.3, -0.25) is 4.79 Å². The molecule has 6 nitrogen and oxygen atoms in total. The summed E-state index contributed by atoms with van der Waals surface area (Å²) in [5.74, 6) is 1.74. The third-order valence-electron chi connectivity index (χ3n) is 3.53. The summed E-state index contributed by atoms with van der Waals surface area (Å²) in [7, 11) is 0. The minimum Gasteiger partial charge on any atom is -0.486 e. The molecule has 1 aliphatic heterocycles. The monoisotopic (exact) mass is 354 g/mol. The molecule has 3 aromatic rings. The highest BCUT2D eigenvalue weighted by molar-refractivity contribution is 7.11. The number of benzene rings is 2. The SMILES string of the molecule is O=C(Nc1ccc2c(c1)OCCO2)c1ccc(Oc2nccs2)cc1. The molecule has 126 valence electrons. The number of nitrogens with one attached hydrogen (secondary N) is 1. The highest BCUT2D eigenvalue weighted by Gasteiger charge is 2.13. The molecule has 7 heteroatoms. The first kappa shape index (κ1) is 15.5. The zero-order chi connectivity index (χ0) is 17.1. The van der Waals surface area contributed by atoms with Crippen molar-refractivity contribution in [2.24, 2.45) is 0 Å². The maximum absolute atomic E-state index is 12.4. The van der Waals surface area contributed by atoms with Crippen LogP contribution in [0, 0.1) is 0 Å². The van der Waals surface area contributed by atoms with Crippen LogP contribution in [0.1, 0.15) is 10.4 Å². The normalized spacial score (nSPS) is 12.5. The second kappa shape index (κ2) is 6.82. The Hall–Kier alpha value is -3.06. The van der Waals surface area contributed by atoms with E-state index in [0.29, 0.717) is 46.9 Å². The van der Waals surface area contributed by atoms with Crippen LogP contribution in [0.4, 0.5) is 5.69 Å². The molecule has 0 radical (unpaired) electrons. The van der Waals surface area contributed by atoms with Crippen molar-refractivity contribution in [1.82, 2.24) is 4.98 Å². The molecule has 0 aliphatic carbocycles. The molecule has 2 aromatic carbocycles. The molecule has 0 atom stereocenters. The van der Waals surface area contributed by atoms with E-state index < -0.39 is 0 Å². The number of thiazole rings is 1. The number of anilines is 1. The van der Waals surface area contributed by atoms with E-state index in [2.05, 4.69) is 10.3 Å². The van der Waals surface area contributed by atoms with Gasteiger partial charge in [-0.05, 0) is 36.4 Å². The maximum atomic E-state index is 12.4. The maximum Gasteiger partial charge on any atom is 0.278 e. The minimum atomic E-state index is -0.211. The van der Waals surface area contributed by atoms with Gasteiger partial charge in [0.1, 0.15) is 19.0 Å². The lowest BCUT2D eigenvalue weighted by Gasteiger charge is -2.19. The number of hydrogen-bond donors (Lipinski definition) is 1. The number of fused-ring (bicyclic) bond motifs is 1. The van der Waals surface area contributed by atoms with E-state index in [0.717, 1.165) is 0 Å². The molecule has 0 unspecified atom stereocenters. The molecule has 1 amide bonds. The van der Waals surface area contributed by atoms with Crippen LogP contribution in [0.3, 0.4) is 0 Å². The molecule has 25 heavy (non-hydrogen) atoms. The Morgan fingerprint density at radius 1 is 1.08 bits per heavy atom. The summed E-state index contributed by atoms with van der Waals surface area (Å²) in [5.41, 5.74) is 1.18. The fraction of sp³-hybridized carbons (Fsp3) is 0.111. The quantitative estimate of drug-likeness (QED) is 0.768. The summed E-state index contributed by atoms with van der Waals surface area (Å²) in [5, 5.41) is 5.25. The van der Waals surface area contributed by atoms with Crippen LogP contribution in [-0.4, -0.2) is 24.1 Å². The van der Waals surface area contributed by atoms with Crippen LogP contribution in [0.2, 0.25) is 0 Å². The number of carbonyl (C=O) groups excluding carboxylic acids is 1. The molecule has 0 saturated heterocycles. The van der Waals surface area contributed by atoms with E-state index in [9.17, 15) is 4.79 Å². The summed E-state index contributed by atoms with van der Waals surface area (Å²) >= 11 is 1.41. The molecule has 0 bridgehead atoms. The largest absolute Gasteiger partial charge is 0.486 e. The molecule has 4 rings (SSSR count). The number of nitrogens with zero attached hydrogens (tertiary/aromatic N) is 1. The number of hydrogen-bond acceptors (Lipinski definition) is 6. The Bertz CT molecular complexity index is 879. The second-order valence-electron chi connectivity index (χ2n) is 5.24. The van der Waals surface area contributed by atoms with Gasteiger partial charge in [-0.1, -0.05) is 11.3 Å². The van der Waals surface area contributed by atoms with Crippen LogP contribution < -0.4 is 19.5 Å². The van der Waals surface area contributed by atoms with E-state index in [4.69, 9.17) is 14.2 Å². The van der Waals surface area contributed by atoms with Gasteiger partial charge in [-0.25, -0.2) is 4.98 Å². The fourth-order valence-corrected chi connectivity index (χ4v) is 2.86. The summed E-state index contributed by atoms with van der Waals surface area (Å²) in [4.78, 5) is 16.4. The topological polar surface area (TPSA) is 69.7 Å². The molecule has 1 N–H and O–H groups in total. The van der Waals surface area contributed by atoms with Gasteiger partial charge in [0.25, 0.3) is 11.1 Å². The van der Waals surface area contributed by atoms with Gasteiger partial charge in [0.2, 0.25) is 0 Å². The molecule has 0 saturated carbocycles. The lowest BCUT2D eigenvalue weighted by Crippen LogP contribution is -2.16. The second-order valence-corrected chi connectivity index (χ2v) is 6.09. The van der Waals surface area contributed by atoms with Crippen molar-refractivity contribution < 1.29 is 19.0 Å². The smallest absolute Gasteiger partial charge is 0.278 e. The van der Waals surface area contributed by atoms with E-state index in [1.165, 1.54) is 11.3 Å². The van der Waals surface area contributed by atoms with Gasteiger partial charge >= 0.3 is 0 Å². The average molecular weight is 354 g/mol. The molecule has 1 aromatic heterocycles. The zero-order valence-corrected chi connectivity index (χ0v) is 13.9. The lowest BCUT2D eigenvalue weighted by molar-refractivity contribution is 0.102. The van der Waals surface area contributed by atoms with Crippen LogP contribution in [0.25, 0.3) is 0 Å². The lowest BCUT2D eigenvalue weighted by atomic mass is 10.2. The first-order chi connectivity index (χ1) is 12.3. The fourth-order valence-electron chi connectivity index (χ4n) is 2.36. The van der Waals surface area contributed by atoms with Gasteiger partial charge < -0.3 is 19.5 Å². The van der Waals surface area contributed by atoms with E-state index in [-0.39, 0.29) is 5.91 Å². The van der Waals surface area contributed by atoms with Crippen LogP contribution >= 0.6 is 11.3 Å². The summed E-state index contributed by atoms with van der Waals surface area (Å²) < 4.78 is 16.6. The van der Waals surface area contributed by atoms with Gasteiger partial charge in [-0.15, -0.1) is 0 Å². The van der Waals surface area contributed by atoms with Crippen molar-refractivity contribution in [3.05, 3.63) is 59.6 Å². The van der Waals surface area contributed by atoms with Gasteiger partial charge in [-0.2, -0.15) is 0 Å². The Kier molecular flexibility index (Phi) is 4.22. The predicted octanol–water partition coefficient (Wildman–Crippen LogP) is 3.96. The van der Waals surface area contributed by atoms with Crippen molar-refractivity contribution in [2.75, 3.05) is 18.5 Å². The summed E-state index contributed by atoms with van der Waals surface area (Å²) in [6.45, 7) is 1.04. The highest BCUT2D eigenvalue weighted by Crippen LogP contribution is 2.32. The molecule has 2 heterocycles. The summed E-state index contributed by atoms with van der Waals surface area (Å²) in [6, 6.07) is 12.2. The third kappa shape index (κ3) is 3.56. The molecule has 0 spiro atoms. The third-order valence-corrected chi connectivity index (χ3v) is 4.18. The predicted molar refractivity (Wildman–Crippen MR) is 94.0 cm³/mol. The Morgan fingerprint density at radius 3 is 2.64 bits per heavy atom. The first-order valence-corrected chi connectivity index (χ1v) is 8.54. The Morgan fingerprint density at radius 2 is 1.88 bits per heavy atom. The van der Waals surface area contributed by atoms with Crippen LogP contribution in [-0.2, 0) is 0 Å². The molecular weight excluding hydrogens is 340 g/mol. The number of amides is 1. The van der Waals surface area contributed by atoms with Gasteiger partial charge in [0.15, 0.2) is 11.5 Å². The van der Waals surface area contributed by atoms with E-state index in [1.807, 2.05) is 5.38 Å². The minimum absolute atomic E-state index is 0.211.